The van der Waals surface area contributed by atoms with E-state index in [0.717, 1.165) is 47.4 Å². The molecule has 6 nitrogen and oxygen atoms in total. The molecule has 1 N–H and O–H groups in total. The Balaban J connectivity index is 1.04. The van der Waals surface area contributed by atoms with Crippen LogP contribution in [-0.2, 0) is 11.2 Å². The smallest absolute Gasteiger partial charge is 0.126 e. The Hall–Kier alpha value is -3.00. The summed E-state index contributed by atoms with van der Waals surface area (Å²) in [5, 5.41) is 6.14. The number of H-pyrrole nitrogens is 1. The minimum atomic E-state index is -0.160. The van der Waals surface area contributed by atoms with Crippen LogP contribution in [0.15, 0.2) is 60.8 Å². The van der Waals surface area contributed by atoms with Crippen molar-refractivity contribution in [2.24, 2.45) is 0 Å². The zero-order valence-corrected chi connectivity index (χ0v) is 23.0. The lowest BCUT2D eigenvalue weighted by molar-refractivity contribution is 0.0659. The van der Waals surface area contributed by atoms with E-state index in [1.54, 1.807) is 13.2 Å². The first-order chi connectivity index (χ1) is 19.2. The fourth-order valence-corrected chi connectivity index (χ4v) is 6.46. The molecule has 0 spiro atoms. The van der Waals surface area contributed by atoms with Gasteiger partial charge in [0.25, 0.3) is 0 Å². The Morgan fingerprint density at radius 3 is 2.54 bits per heavy atom. The first-order valence-corrected chi connectivity index (χ1v) is 14.5. The van der Waals surface area contributed by atoms with Crippen LogP contribution >= 0.6 is 0 Å². The van der Waals surface area contributed by atoms with Crippen LogP contribution in [0.2, 0.25) is 0 Å². The molecule has 1 aliphatic carbocycles. The molecule has 0 bridgehead atoms. The molecule has 2 aromatic carbocycles. The maximum Gasteiger partial charge on any atom is 0.126 e. The molecule has 6 rings (SSSR count). The van der Waals surface area contributed by atoms with Gasteiger partial charge in [0, 0.05) is 81.9 Å². The third-order valence-electron chi connectivity index (χ3n) is 8.71. The quantitative estimate of drug-likeness (QED) is 0.274. The standard InChI is InChI=1S/C32H40FN5O/c1-39-20-4-14-36-16-18-37(19-17-36)28-9-11-29(12-10-28)38-15-13-31(35-38)26-8-7-25-22-27(34-32(25)23-26)21-24-5-2-3-6-30(24)33/h2-3,5-8,13,15,22-23,28-29,34H,4,9-12,14,16-21H2,1H3. The first kappa shape index (κ1) is 26.2. The molecule has 1 saturated heterocycles. The molecule has 1 aliphatic heterocycles. The molecule has 1 saturated carbocycles. The van der Waals surface area contributed by atoms with E-state index < -0.39 is 0 Å². The number of halogens is 1. The third kappa shape index (κ3) is 6.11. The Morgan fingerprint density at radius 1 is 0.949 bits per heavy atom. The molecular weight excluding hydrogens is 489 g/mol. The van der Waals surface area contributed by atoms with Crippen molar-refractivity contribution in [3.05, 3.63) is 77.9 Å². The fraction of sp³-hybridized carbons (Fsp3) is 0.469. The van der Waals surface area contributed by atoms with E-state index in [1.807, 2.05) is 12.1 Å². The van der Waals surface area contributed by atoms with E-state index in [9.17, 15) is 4.39 Å². The van der Waals surface area contributed by atoms with E-state index in [1.165, 1.54) is 57.9 Å². The monoisotopic (exact) mass is 529 g/mol. The zero-order valence-electron chi connectivity index (χ0n) is 23.0. The average molecular weight is 530 g/mol. The van der Waals surface area contributed by atoms with E-state index in [4.69, 9.17) is 9.84 Å². The molecule has 39 heavy (non-hydrogen) atoms. The zero-order chi connectivity index (χ0) is 26.6. The first-order valence-electron chi connectivity index (χ1n) is 14.5. The molecule has 0 radical (unpaired) electrons. The van der Waals surface area contributed by atoms with Crippen molar-refractivity contribution in [3.63, 3.8) is 0 Å². The van der Waals surface area contributed by atoms with Crippen molar-refractivity contribution in [2.75, 3.05) is 46.4 Å². The minimum absolute atomic E-state index is 0.160. The minimum Gasteiger partial charge on any atom is -0.385 e. The number of ether oxygens (including phenoxy) is 1. The average Bonchev–Trinajstić information content (AvgIpc) is 3.62. The summed E-state index contributed by atoms with van der Waals surface area (Å²) in [6.45, 7) is 6.76. The Morgan fingerprint density at radius 2 is 1.74 bits per heavy atom. The van der Waals surface area contributed by atoms with Gasteiger partial charge in [0.15, 0.2) is 0 Å². The molecule has 0 amide bonds. The van der Waals surface area contributed by atoms with Gasteiger partial charge in [-0.25, -0.2) is 4.39 Å². The highest BCUT2D eigenvalue weighted by molar-refractivity contribution is 5.85. The van der Waals surface area contributed by atoms with Crippen LogP contribution in [-0.4, -0.2) is 77.0 Å². The van der Waals surface area contributed by atoms with Crippen molar-refractivity contribution < 1.29 is 9.13 Å². The van der Waals surface area contributed by atoms with Crippen molar-refractivity contribution >= 4 is 10.9 Å². The van der Waals surface area contributed by atoms with Crippen LogP contribution in [0.5, 0.6) is 0 Å². The van der Waals surface area contributed by atoms with Gasteiger partial charge in [-0.15, -0.1) is 0 Å². The van der Waals surface area contributed by atoms with Crippen molar-refractivity contribution in [2.45, 2.75) is 50.6 Å². The number of aromatic nitrogens is 3. The molecule has 2 fully saturated rings. The van der Waals surface area contributed by atoms with Gasteiger partial charge in [-0.1, -0.05) is 30.3 Å². The van der Waals surface area contributed by atoms with Gasteiger partial charge in [0.1, 0.15) is 5.82 Å². The summed E-state index contributed by atoms with van der Waals surface area (Å²) >= 11 is 0. The molecule has 0 atom stereocenters. The maximum atomic E-state index is 14.1. The number of benzene rings is 2. The summed E-state index contributed by atoms with van der Waals surface area (Å²) in [4.78, 5) is 8.80. The third-order valence-corrected chi connectivity index (χ3v) is 8.71. The molecule has 3 heterocycles. The predicted octanol–water partition coefficient (Wildman–Crippen LogP) is 5.90. The summed E-state index contributed by atoms with van der Waals surface area (Å²) < 4.78 is 21.5. The molecule has 4 aromatic rings. The number of fused-ring (bicyclic) bond motifs is 1. The van der Waals surface area contributed by atoms with Crippen LogP contribution in [0, 0.1) is 5.82 Å². The predicted molar refractivity (Wildman–Crippen MR) is 155 cm³/mol. The highest BCUT2D eigenvalue weighted by Gasteiger charge is 2.29. The lowest BCUT2D eigenvalue weighted by Gasteiger charge is -2.42. The van der Waals surface area contributed by atoms with Gasteiger partial charge < -0.3 is 14.6 Å². The van der Waals surface area contributed by atoms with Crippen LogP contribution in [0.1, 0.15) is 49.4 Å². The van der Waals surface area contributed by atoms with Crippen LogP contribution < -0.4 is 0 Å². The normalized spacial score (nSPS) is 21.1. The Bertz CT molecular complexity index is 1360. The number of piperazine rings is 1. The van der Waals surface area contributed by atoms with Gasteiger partial charge in [-0.05, 0) is 67.3 Å². The summed E-state index contributed by atoms with van der Waals surface area (Å²) in [5.41, 5.74) is 4.90. The second-order valence-corrected chi connectivity index (χ2v) is 11.2. The summed E-state index contributed by atoms with van der Waals surface area (Å²) in [6.07, 6.45) is 8.72. The van der Waals surface area contributed by atoms with Crippen LogP contribution in [0.4, 0.5) is 4.39 Å². The fourth-order valence-electron chi connectivity index (χ4n) is 6.46. The summed E-state index contributed by atoms with van der Waals surface area (Å²) in [6, 6.07) is 18.9. The summed E-state index contributed by atoms with van der Waals surface area (Å²) in [7, 11) is 1.79. The van der Waals surface area contributed by atoms with E-state index >= 15 is 0 Å². The highest BCUT2D eigenvalue weighted by atomic mass is 19.1. The molecule has 2 aromatic heterocycles. The van der Waals surface area contributed by atoms with E-state index in [2.05, 4.69) is 56.0 Å². The SMILES string of the molecule is COCCCN1CCN(C2CCC(n3ccc(-c4ccc5cc(Cc6ccccc6F)[nH]c5c4)n3)CC2)CC1. The van der Waals surface area contributed by atoms with Gasteiger partial charge in [-0.3, -0.25) is 9.58 Å². The van der Waals surface area contributed by atoms with Gasteiger partial charge in [-0.2, -0.15) is 5.10 Å². The lowest BCUT2D eigenvalue weighted by atomic mass is 9.90. The number of hydrogen-bond donors (Lipinski definition) is 1. The van der Waals surface area contributed by atoms with Crippen LogP contribution in [0.25, 0.3) is 22.2 Å². The highest BCUT2D eigenvalue weighted by Crippen LogP contribution is 2.32. The largest absolute Gasteiger partial charge is 0.385 e. The van der Waals surface area contributed by atoms with E-state index in [-0.39, 0.29) is 5.82 Å². The Labute approximate surface area is 230 Å². The molecule has 0 unspecified atom stereocenters. The maximum absolute atomic E-state index is 14.1. The van der Waals surface area contributed by atoms with E-state index in [0.29, 0.717) is 24.1 Å². The number of rotatable bonds is 9. The Kier molecular flexibility index (Phi) is 8.09. The number of aromatic amines is 1. The number of hydrogen-bond acceptors (Lipinski definition) is 4. The molecule has 2 aliphatic rings. The molecular formula is C32H40FN5O. The topological polar surface area (TPSA) is 49.3 Å². The summed E-state index contributed by atoms with van der Waals surface area (Å²) in [5.74, 6) is -0.160. The lowest BCUT2D eigenvalue weighted by Crippen LogP contribution is -2.51. The number of nitrogens with zero attached hydrogens (tertiary/aromatic N) is 4. The van der Waals surface area contributed by atoms with Gasteiger partial charge >= 0.3 is 0 Å². The second-order valence-electron chi connectivity index (χ2n) is 11.2. The molecule has 206 valence electrons. The number of methoxy groups -OCH3 is 1. The van der Waals surface area contributed by atoms with Crippen molar-refractivity contribution in [1.29, 1.82) is 0 Å². The van der Waals surface area contributed by atoms with Gasteiger partial charge in [0.05, 0.1) is 11.7 Å². The number of nitrogens with one attached hydrogen (secondary N) is 1. The second kappa shape index (κ2) is 12.0. The molecule has 7 heteroatoms. The van der Waals surface area contributed by atoms with Crippen molar-refractivity contribution in [1.82, 2.24) is 24.6 Å². The van der Waals surface area contributed by atoms with Crippen LogP contribution in [0.3, 0.4) is 0 Å². The van der Waals surface area contributed by atoms with Crippen molar-refractivity contribution in [3.8, 4) is 11.3 Å². The van der Waals surface area contributed by atoms with Gasteiger partial charge in [0.2, 0.25) is 0 Å².